The van der Waals surface area contributed by atoms with Crippen LogP contribution in [0.3, 0.4) is 0 Å². The molecule has 0 saturated heterocycles. The molecule has 5 heteroatoms. The predicted molar refractivity (Wildman–Crippen MR) is 51.6 cm³/mol. The molecular weight excluding hydrogens is 252 g/mol. The summed E-state index contributed by atoms with van der Waals surface area (Å²) in [6.07, 6.45) is -0.0644. The minimum atomic E-state index is -0.888. The zero-order chi connectivity index (χ0) is 10.1. The summed E-state index contributed by atoms with van der Waals surface area (Å²) in [5.74, 6) is 0.243. The van der Waals surface area contributed by atoms with Crippen LogP contribution in [-0.2, 0) is 11.2 Å². The molecule has 0 fully saturated rings. The second-order valence-electron chi connectivity index (χ2n) is 2.87. The number of carboxylic acids is 1. The third-order valence-electron chi connectivity index (χ3n) is 1.86. The van der Waals surface area contributed by atoms with E-state index in [9.17, 15) is 4.79 Å². The summed E-state index contributed by atoms with van der Waals surface area (Å²) in [5, 5.41) is 8.68. The van der Waals surface area contributed by atoms with E-state index in [4.69, 9.17) is 14.6 Å². The van der Waals surface area contributed by atoms with E-state index in [2.05, 4.69) is 15.9 Å². The van der Waals surface area contributed by atoms with Gasteiger partial charge in [0.15, 0.2) is 11.5 Å². The molecule has 0 spiro atoms. The molecule has 2 rings (SSSR count). The Morgan fingerprint density at radius 1 is 1.50 bits per heavy atom. The van der Waals surface area contributed by atoms with E-state index in [1.54, 1.807) is 12.1 Å². The molecule has 0 aliphatic carbocycles. The van der Waals surface area contributed by atoms with E-state index < -0.39 is 5.97 Å². The molecule has 0 unspecified atom stereocenters. The number of hydrogen-bond acceptors (Lipinski definition) is 3. The van der Waals surface area contributed by atoms with Gasteiger partial charge in [0, 0.05) is 10.0 Å². The number of halogens is 1. The van der Waals surface area contributed by atoms with Crippen molar-refractivity contribution in [3.8, 4) is 11.5 Å². The average molecular weight is 259 g/mol. The number of aliphatic carboxylic acids is 1. The van der Waals surface area contributed by atoms with Gasteiger partial charge < -0.3 is 14.6 Å². The van der Waals surface area contributed by atoms with Crippen molar-refractivity contribution in [2.75, 3.05) is 6.79 Å². The zero-order valence-electron chi connectivity index (χ0n) is 7.12. The summed E-state index contributed by atoms with van der Waals surface area (Å²) in [6.45, 7) is 0.151. The Labute approximate surface area is 88.6 Å². The topological polar surface area (TPSA) is 55.8 Å². The lowest BCUT2D eigenvalue weighted by Gasteiger charge is -2.03. The van der Waals surface area contributed by atoms with Gasteiger partial charge in [-0.3, -0.25) is 4.79 Å². The van der Waals surface area contributed by atoms with Crippen LogP contribution in [0.2, 0.25) is 0 Å². The van der Waals surface area contributed by atoms with E-state index in [1.165, 1.54) is 0 Å². The highest BCUT2D eigenvalue weighted by atomic mass is 79.9. The molecule has 0 radical (unpaired) electrons. The molecule has 1 aromatic carbocycles. The highest BCUT2D eigenvalue weighted by Gasteiger charge is 2.20. The molecule has 0 saturated carbocycles. The molecule has 1 N–H and O–H groups in total. The first-order chi connectivity index (χ1) is 6.66. The van der Waals surface area contributed by atoms with Crippen molar-refractivity contribution in [3.05, 3.63) is 22.2 Å². The van der Waals surface area contributed by atoms with Gasteiger partial charge in [0.2, 0.25) is 6.79 Å². The number of fused-ring (bicyclic) bond motifs is 1. The van der Waals surface area contributed by atoms with Gasteiger partial charge in [0.25, 0.3) is 0 Å². The first-order valence-electron chi connectivity index (χ1n) is 3.96. The van der Waals surface area contributed by atoms with Crippen LogP contribution in [0.15, 0.2) is 16.6 Å². The molecule has 14 heavy (non-hydrogen) atoms. The van der Waals surface area contributed by atoms with Gasteiger partial charge in [0.05, 0.1) is 6.42 Å². The van der Waals surface area contributed by atoms with Crippen molar-refractivity contribution >= 4 is 21.9 Å². The molecule has 0 amide bonds. The largest absolute Gasteiger partial charge is 0.481 e. The van der Waals surface area contributed by atoms with E-state index in [0.717, 1.165) is 4.47 Å². The van der Waals surface area contributed by atoms with Gasteiger partial charge in [-0.2, -0.15) is 0 Å². The summed E-state index contributed by atoms with van der Waals surface area (Å²) >= 11 is 3.28. The molecule has 1 aromatic rings. The minimum Gasteiger partial charge on any atom is -0.481 e. The highest BCUT2D eigenvalue weighted by molar-refractivity contribution is 9.10. The maximum atomic E-state index is 10.6. The lowest BCUT2D eigenvalue weighted by molar-refractivity contribution is -0.136. The summed E-state index contributed by atoms with van der Waals surface area (Å²) in [5.41, 5.74) is 0.624. The van der Waals surface area contributed by atoms with Crippen LogP contribution in [0.25, 0.3) is 0 Å². The van der Waals surface area contributed by atoms with E-state index in [-0.39, 0.29) is 13.2 Å². The van der Waals surface area contributed by atoms with Crippen LogP contribution in [0.4, 0.5) is 0 Å². The molecule has 1 aliphatic rings. The smallest absolute Gasteiger partial charge is 0.307 e. The van der Waals surface area contributed by atoms with Gasteiger partial charge >= 0.3 is 5.97 Å². The normalized spacial score (nSPS) is 12.9. The Morgan fingerprint density at radius 3 is 3.00 bits per heavy atom. The summed E-state index contributed by atoms with van der Waals surface area (Å²) in [6, 6.07) is 3.48. The third-order valence-corrected chi connectivity index (χ3v) is 2.31. The number of hydrogen-bond donors (Lipinski definition) is 1. The summed E-state index contributed by atoms with van der Waals surface area (Å²) in [7, 11) is 0. The molecule has 1 heterocycles. The lowest BCUT2D eigenvalue weighted by atomic mass is 10.1. The van der Waals surface area contributed by atoms with Crippen molar-refractivity contribution in [2.24, 2.45) is 0 Å². The van der Waals surface area contributed by atoms with Crippen molar-refractivity contribution in [2.45, 2.75) is 6.42 Å². The third kappa shape index (κ3) is 1.68. The van der Waals surface area contributed by atoms with Gasteiger partial charge in [-0.15, -0.1) is 0 Å². The maximum absolute atomic E-state index is 10.6. The average Bonchev–Trinajstić information content (AvgIpc) is 2.50. The van der Waals surface area contributed by atoms with Crippen LogP contribution >= 0.6 is 15.9 Å². The molecular formula is C9H7BrO4. The van der Waals surface area contributed by atoms with Crippen LogP contribution in [0, 0.1) is 0 Å². The van der Waals surface area contributed by atoms with Crippen molar-refractivity contribution in [3.63, 3.8) is 0 Å². The van der Waals surface area contributed by atoms with Crippen LogP contribution < -0.4 is 9.47 Å². The fourth-order valence-electron chi connectivity index (χ4n) is 1.34. The first kappa shape index (κ1) is 9.33. The molecule has 1 aliphatic heterocycles. The fourth-order valence-corrected chi connectivity index (χ4v) is 1.82. The van der Waals surface area contributed by atoms with E-state index >= 15 is 0 Å². The minimum absolute atomic E-state index is 0.0644. The molecule has 74 valence electrons. The number of carboxylic acid groups (broad SMARTS) is 1. The highest BCUT2D eigenvalue weighted by Crippen LogP contribution is 2.38. The molecule has 4 nitrogen and oxygen atoms in total. The van der Waals surface area contributed by atoms with Crippen molar-refractivity contribution in [1.82, 2.24) is 0 Å². The Morgan fingerprint density at radius 2 is 2.29 bits per heavy atom. The molecule has 0 atom stereocenters. The van der Waals surface area contributed by atoms with Crippen molar-refractivity contribution in [1.29, 1.82) is 0 Å². The Bertz CT molecular complexity index is 389. The second-order valence-corrected chi connectivity index (χ2v) is 3.78. The number of rotatable bonds is 2. The van der Waals surface area contributed by atoms with Gasteiger partial charge in [-0.25, -0.2) is 0 Å². The molecule has 0 aromatic heterocycles. The number of ether oxygens (including phenoxy) is 2. The van der Waals surface area contributed by atoms with Crippen LogP contribution in [0.5, 0.6) is 11.5 Å². The maximum Gasteiger partial charge on any atom is 0.307 e. The van der Waals surface area contributed by atoms with Crippen LogP contribution in [-0.4, -0.2) is 17.9 Å². The summed E-state index contributed by atoms with van der Waals surface area (Å²) < 4.78 is 11.1. The Kier molecular flexibility index (Phi) is 2.33. The predicted octanol–water partition coefficient (Wildman–Crippen LogP) is 1.80. The monoisotopic (exact) mass is 258 g/mol. The van der Waals surface area contributed by atoms with Gasteiger partial charge in [-0.1, -0.05) is 15.9 Å². The quantitative estimate of drug-likeness (QED) is 0.879. The van der Waals surface area contributed by atoms with Gasteiger partial charge in [0.1, 0.15) is 0 Å². The summed E-state index contributed by atoms with van der Waals surface area (Å²) in [4.78, 5) is 10.6. The fraction of sp³-hybridized carbons (Fsp3) is 0.222. The van der Waals surface area contributed by atoms with Crippen LogP contribution in [0.1, 0.15) is 5.56 Å². The molecule has 0 bridgehead atoms. The lowest BCUT2D eigenvalue weighted by Crippen LogP contribution is -2.01. The van der Waals surface area contributed by atoms with Crippen molar-refractivity contribution < 1.29 is 19.4 Å². The SMILES string of the molecule is O=C(O)Cc1cc(Br)cc2c1OCO2. The van der Waals surface area contributed by atoms with E-state index in [0.29, 0.717) is 17.1 Å². The van der Waals surface area contributed by atoms with Gasteiger partial charge in [-0.05, 0) is 12.1 Å². The first-order valence-corrected chi connectivity index (χ1v) is 4.76. The second kappa shape index (κ2) is 3.49. The zero-order valence-corrected chi connectivity index (χ0v) is 8.70. The Balaban J connectivity index is 2.43. The standard InChI is InChI=1S/C9H7BrO4/c10-6-1-5(2-8(11)12)9-7(3-6)13-4-14-9/h1,3H,2,4H2,(H,11,12). The number of benzene rings is 1. The van der Waals surface area contributed by atoms with E-state index in [1.807, 2.05) is 0 Å². The Hall–Kier alpha value is -1.23. The number of carbonyl (C=O) groups is 1.